The number of thiazole rings is 1. The highest BCUT2D eigenvalue weighted by atomic mass is 32.1. The zero-order chi connectivity index (χ0) is 9.97. The smallest absolute Gasteiger partial charge is 0.355 e. The minimum Gasteiger partial charge on any atom is -0.476 e. The number of rotatable bonds is 3. The molecular formula is C8H6N2O2S2. The molecule has 0 atom stereocenters. The minimum atomic E-state index is -1.00. The van der Waals surface area contributed by atoms with Gasteiger partial charge in [-0.25, -0.2) is 9.78 Å². The molecule has 72 valence electrons. The number of thiophene rings is 1. The van der Waals surface area contributed by atoms with Crippen LogP contribution in [0, 0.1) is 0 Å². The van der Waals surface area contributed by atoms with E-state index in [4.69, 9.17) is 5.11 Å². The summed E-state index contributed by atoms with van der Waals surface area (Å²) in [6.45, 7) is 0. The second-order valence-corrected chi connectivity index (χ2v) is 4.12. The Bertz CT molecular complexity index is 436. The average molecular weight is 226 g/mol. The van der Waals surface area contributed by atoms with E-state index in [2.05, 4.69) is 10.3 Å². The van der Waals surface area contributed by atoms with Crippen LogP contribution in [0.3, 0.4) is 0 Å². The number of aromatic nitrogens is 1. The number of carboxylic acids is 1. The third-order valence-electron chi connectivity index (χ3n) is 1.50. The fraction of sp³-hybridized carbons (Fsp3) is 0. The van der Waals surface area contributed by atoms with Crippen LogP contribution in [0.4, 0.5) is 10.8 Å². The molecule has 0 aliphatic heterocycles. The van der Waals surface area contributed by atoms with Gasteiger partial charge in [0, 0.05) is 10.8 Å². The molecule has 6 heteroatoms. The standard InChI is InChI=1S/C8H6N2O2S2/c11-7(12)6-4-14-8(10-6)9-5-1-2-13-3-5/h1-4H,(H,9,10)(H,11,12). The van der Waals surface area contributed by atoms with Crippen LogP contribution in [0.25, 0.3) is 0 Å². The van der Waals surface area contributed by atoms with Crippen molar-refractivity contribution < 1.29 is 9.90 Å². The van der Waals surface area contributed by atoms with Crippen LogP contribution in [0.2, 0.25) is 0 Å². The van der Waals surface area contributed by atoms with Crippen molar-refractivity contribution in [3.63, 3.8) is 0 Å². The van der Waals surface area contributed by atoms with Gasteiger partial charge in [0.2, 0.25) is 0 Å². The Morgan fingerprint density at radius 3 is 2.93 bits per heavy atom. The molecule has 0 spiro atoms. The summed E-state index contributed by atoms with van der Waals surface area (Å²) >= 11 is 2.85. The van der Waals surface area contributed by atoms with Gasteiger partial charge in [0.25, 0.3) is 0 Å². The first-order valence-corrected chi connectivity index (χ1v) is 5.56. The highest BCUT2D eigenvalue weighted by Crippen LogP contribution is 2.22. The Kier molecular flexibility index (Phi) is 2.47. The zero-order valence-electron chi connectivity index (χ0n) is 6.93. The molecule has 0 saturated carbocycles. The topological polar surface area (TPSA) is 62.2 Å². The highest BCUT2D eigenvalue weighted by molar-refractivity contribution is 7.14. The Morgan fingerprint density at radius 2 is 2.36 bits per heavy atom. The van der Waals surface area contributed by atoms with Gasteiger partial charge in [0.15, 0.2) is 10.8 Å². The molecule has 0 fully saturated rings. The zero-order valence-corrected chi connectivity index (χ0v) is 8.56. The quantitative estimate of drug-likeness (QED) is 0.844. The van der Waals surface area contributed by atoms with Crippen molar-refractivity contribution in [2.24, 2.45) is 0 Å². The summed E-state index contributed by atoms with van der Waals surface area (Å²) in [5.74, 6) is -1.00. The largest absolute Gasteiger partial charge is 0.476 e. The van der Waals surface area contributed by atoms with Crippen LogP contribution in [0.5, 0.6) is 0 Å². The summed E-state index contributed by atoms with van der Waals surface area (Å²) < 4.78 is 0. The molecule has 2 rings (SSSR count). The van der Waals surface area contributed by atoms with Crippen molar-refractivity contribution in [3.8, 4) is 0 Å². The van der Waals surface area contributed by atoms with Gasteiger partial charge in [-0.15, -0.1) is 11.3 Å². The molecule has 0 aliphatic rings. The Labute approximate surface area is 87.9 Å². The summed E-state index contributed by atoms with van der Waals surface area (Å²) in [6, 6.07) is 1.91. The lowest BCUT2D eigenvalue weighted by Gasteiger charge is -1.95. The lowest BCUT2D eigenvalue weighted by atomic mass is 10.5. The predicted octanol–water partition coefficient (Wildman–Crippen LogP) is 2.65. The molecule has 0 amide bonds. The third-order valence-corrected chi connectivity index (χ3v) is 2.94. The number of carboxylic acid groups (broad SMARTS) is 1. The van der Waals surface area contributed by atoms with Crippen molar-refractivity contribution in [2.45, 2.75) is 0 Å². The van der Waals surface area contributed by atoms with E-state index in [-0.39, 0.29) is 5.69 Å². The van der Waals surface area contributed by atoms with E-state index in [0.717, 1.165) is 5.69 Å². The Balaban J connectivity index is 2.14. The monoisotopic (exact) mass is 226 g/mol. The molecule has 2 aromatic heterocycles. The van der Waals surface area contributed by atoms with Gasteiger partial charge in [-0.05, 0) is 11.4 Å². The van der Waals surface area contributed by atoms with Gasteiger partial charge in [-0.3, -0.25) is 0 Å². The molecule has 0 radical (unpaired) electrons. The molecule has 0 unspecified atom stereocenters. The predicted molar refractivity (Wildman–Crippen MR) is 56.7 cm³/mol. The van der Waals surface area contributed by atoms with Crippen molar-refractivity contribution >= 4 is 39.5 Å². The van der Waals surface area contributed by atoms with E-state index in [9.17, 15) is 4.79 Å². The maximum Gasteiger partial charge on any atom is 0.355 e. The summed E-state index contributed by atoms with van der Waals surface area (Å²) in [4.78, 5) is 14.4. The van der Waals surface area contributed by atoms with E-state index >= 15 is 0 Å². The van der Waals surface area contributed by atoms with Gasteiger partial charge in [-0.2, -0.15) is 11.3 Å². The number of nitrogens with zero attached hydrogens (tertiary/aromatic N) is 1. The number of hydrogen-bond donors (Lipinski definition) is 2. The minimum absolute atomic E-state index is 0.0766. The Morgan fingerprint density at radius 1 is 1.50 bits per heavy atom. The van der Waals surface area contributed by atoms with Crippen molar-refractivity contribution in [2.75, 3.05) is 5.32 Å². The second-order valence-electron chi connectivity index (χ2n) is 2.48. The van der Waals surface area contributed by atoms with Crippen LogP contribution >= 0.6 is 22.7 Å². The number of nitrogens with one attached hydrogen (secondary N) is 1. The van der Waals surface area contributed by atoms with E-state index in [1.165, 1.54) is 16.7 Å². The highest BCUT2D eigenvalue weighted by Gasteiger charge is 2.08. The molecule has 0 bridgehead atoms. The lowest BCUT2D eigenvalue weighted by molar-refractivity contribution is 0.0691. The van der Waals surface area contributed by atoms with Gasteiger partial charge < -0.3 is 10.4 Å². The van der Waals surface area contributed by atoms with Crippen LogP contribution in [0.15, 0.2) is 22.2 Å². The van der Waals surface area contributed by atoms with Crippen molar-refractivity contribution in [1.82, 2.24) is 4.98 Å². The molecule has 4 nitrogen and oxygen atoms in total. The van der Waals surface area contributed by atoms with Crippen molar-refractivity contribution in [1.29, 1.82) is 0 Å². The van der Waals surface area contributed by atoms with Gasteiger partial charge in [0.1, 0.15) is 0 Å². The van der Waals surface area contributed by atoms with E-state index in [1.54, 1.807) is 11.3 Å². The maximum absolute atomic E-state index is 10.5. The summed E-state index contributed by atoms with van der Waals surface area (Å²) in [6.07, 6.45) is 0. The average Bonchev–Trinajstić information content (AvgIpc) is 2.75. The van der Waals surface area contributed by atoms with Crippen LogP contribution < -0.4 is 5.32 Å². The number of aromatic carboxylic acids is 1. The molecular weight excluding hydrogens is 220 g/mol. The molecule has 2 aromatic rings. The van der Waals surface area contributed by atoms with Crippen molar-refractivity contribution in [3.05, 3.63) is 27.9 Å². The first-order chi connectivity index (χ1) is 6.75. The van der Waals surface area contributed by atoms with E-state index in [1.807, 2.05) is 16.8 Å². The van der Waals surface area contributed by atoms with Gasteiger partial charge in [0.05, 0.1) is 5.69 Å². The van der Waals surface area contributed by atoms with Crippen LogP contribution in [-0.4, -0.2) is 16.1 Å². The summed E-state index contributed by atoms with van der Waals surface area (Å²) in [5, 5.41) is 17.6. The number of carbonyl (C=O) groups is 1. The molecule has 14 heavy (non-hydrogen) atoms. The van der Waals surface area contributed by atoms with Gasteiger partial charge >= 0.3 is 5.97 Å². The molecule has 0 saturated heterocycles. The molecule has 0 aromatic carbocycles. The first-order valence-electron chi connectivity index (χ1n) is 3.74. The maximum atomic E-state index is 10.5. The molecule has 2 N–H and O–H groups in total. The second kappa shape index (κ2) is 3.77. The fourth-order valence-corrected chi connectivity index (χ4v) is 2.18. The van der Waals surface area contributed by atoms with Crippen LogP contribution in [-0.2, 0) is 0 Å². The fourth-order valence-electron chi connectivity index (χ4n) is 0.888. The Hall–Kier alpha value is -1.40. The first kappa shape index (κ1) is 9.17. The van der Waals surface area contributed by atoms with Crippen LogP contribution in [0.1, 0.15) is 10.5 Å². The van der Waals surface area contributed by atoms with E-state index in [0.29, 0.717) is 5.13 Å². The SMILES string of the molecule is O=C(O)c1csc(Nc2ccsc2)n1. The summed E-state index contributed by atoms with van der Waals surface area (Å²) in [7, 11) is 0. The normalized spacial score (nSPS) is 10.0. The summed E-state index contributed by atoms with van der Waals surface area (Å²) in [5.41, 5.74) is 1.01. The van der Waals surface area contributed by atoms with E-state index < -0.39 is 5.97 Å². The number of anilines is 2. The molecule has 0 aliphatic carbocycles. The third kappa shape index (κ3) is 1.91. The van der Waals surface area contributed by atoms with Gasteiger partial charge in [-0.1, -0.05) is 0 Å². The lowest BCUT2D eigenvalue weighted by Crippen LogP contribution is -1.96. The molecule has 2 heterocycles. The number of hydrogen-bond acceptors (Lipinski definition) is 5.